The van der Waals surface area contributed by atoms with Crippen molar-refractivity contribution in [3.05, 3.63) is 29.8 Å². The van der Waals surface area contributed by atoms with Gasteiger partial charge < -0.3 is 14.6 Å². The average Bonchev–Trinajstić information content (AvgIpc) is 2.46. The lowest BCUT2D eigenvalue weighted by Gasteiger charge is -2.31. The molecule has 1 aromatic carbocycles. The van der Waals surface area contributed by atoms with Crippen LogP contribution in [0.4, 0.5) is 26.3 Å². The molecule has 0 aliphatic rings. The number of rotatable bonds is 5. The Balaban J connectivity index is 3.08. The van der Waals surface area contributed by atoms with Crippen molar-refractivity contribution in [1.29, 1.82) is 0 Å². The van der Waals surface area contributed by atoms with Crippen LogP contribution in [0.2, 0.25) is 0 Å². The lowest BCUT2D eigenvalue weighted by Crippen LogP contribution is -2.64. The number of esters is 1. The molecule has 0 aliphatic carbocycles. The summed E-state index contributed by atoms with van der Waals surface area (Å²) in [5.41, 5.74) is 0.337. The Morgan fingerprint density at radius 2 is 1.32 bits per heavy atom. The molecule has 0 N–H and O–H groups in total. The largest absolute Gasteiger partial charge is 0.544 e. The highest BCUT2D eigenvalue weighted by Gasteiger charge is 2.76. The van der Waals surface area contributed by atoms with Crippen molar-refractivity contribution < 1.29 is 45.8 Å². The first-order chi connectivity index (χ1) is 11.0. The molecular weight excluding hydrogens is 358 g/mol. The summed E-state index contributed by atoms with van der Waals surface area (Å²) < 4.78 is 82.8. The van der Waals surface area contributed by atoms with Gasteiger partial charge in [0.2, 0.25) is 0 Å². The van der Waals surface area contributed by atoms with E-state index in [0.29, 0.717) is 5.56 Å². The number of carbonyl (C=O) groups excluding carboxylic acids is 2. The molecule has 0 saturated carbocycles. The van der Waals surface area contributed by atoms with E-state index in [1.807, 2.05) is 20.8 Å². The minimum absolute atomic E-state index is 0.351. The zero-order valence-corrected chi connectivity index (χ0v) is 13.2. The number of carboxylic acid groups (broad SMARTS) is 1. The molecule has 0 heterocycles. The zero-order chi connectivity index (χ0) is 19.8. The number of hydrogen-bond acceptors (Lipinski definition) is 4. The topological polar surface area (TPSA) is 66.4 Å². The van der Waals surface area contributed by atoms with Crippen LogP contribution >= 0.6 is 0 Å². The fourth-order valence-corrected chi connectivity index (χ4v) is 1.65. The van der Waals surface area contributed by atoms with Crippen LogP contribution < -0.4 is 9.84 Å². The van der Waals surface area contributed by atoms with E-state index in [2.05, 4.69) is 4.74 Å². The SMILES string of the molecule is CC(C)(C)c1ccc(OC(=O)C(F)(F)C(F)(F)C(F)(F)C(=O)[O-])cc1. The van der Waals surface area contributed by atoms with Crippen LogP contribution in [0.15, 0.2) is 24.3 Å². The van der Waals surface area contributed by atoms with E-state index in [-0.39, 0.29) is 5.41 Å². The Morgan fingerprint density at radius 1 is 0.880 bits per heavy atom. The highest BCUT2D eigenvalue weighted by atomic mass is 19.3. The van der Waals surface area contributed by atoms with Crippen LogP contribution in [0.3, 0.4) is 0 Å². The van der Waals surface area contributed by atoms with Crippen LogP contribution in [-0.2, 0) is 15.0 Å². The first kappa shape index (κ1) is 20.8. The molecule has 0 spiro atoms. The van der Waals surface area contributed by atoms with Gasteiger partial charge in [-0.1, -0.05) is 32.9 Å². The maximum atomic E-state index is 13.4. The minimum atomic E-state index is -6.55. The summed E-state index contributed by atoms with van der Waals surface area (Å²) in [6.45, 7) is 5.43. The molecule has 1 rings (SSSR count). The van der Waals surface area contributed by atoms with Gasteiger partial charge in [-0.3, -0.25) is 0 Å². The summed E-state index contributed by atoms with van der Waals surface area (Å²) in [5, 5.41) is 10.0. The smallest absolute Gasteiger partial charge is 0.411 e. The quantitative estimate of drug-likeness (QED) is 0.453. The first-order valence-electron chi connectivity index (χ1n) is 6.73. The van der Waals surface area contributed by atoms with Gasteiger partial charge >= 0.3 is 23.7 Å². The molecule has 4 nitrogen and oxygen atoms in total. The van der Waals surface area contributed by atoms with Gasteiger partial charge in [0, 0.05) is 0 Å². The van der Waals surface area contributed by atoms with Crippen molar-refractivity contribution in [3.8, 4) is 5.75 Å². The molecule has 10 heteroatoms. The third kappa shape index (κ3) is 3.72. The number of halogens is 6. The van der Waals surface area contributed by atoms with Gasteiger partial charge in [-0.2, -0.15) is 26.3 Å². The Labute approximate surface area is 138 Å². The minimum Gasteiger partial charge on any atom is -0.544 e. The molecule has 0 unspecified atom stereocenters. The number of carbonyl (C=O) groups is 2. The molecule has 0 atom stereocenters. The molecule has 0 aliphatic heterocycles. The van der Waals surface area contributed by atoms with Crippen molar-refractivity contribution in [2.45, 2.75) is 44.0 Å². The van der Waals surface area contributed by atoms with E-state index >= 15 is 0 Å². The maximum Gasteiger partial charge on any atom is 0.411 e. The van der Waals surface area contributed by atoms with Crippen LogP contribution in [0.5, 0.6) is 5.75 Å². The predicted octanol–water partition coefficient (Wildman–Crippen LogP) is 2.55. The van der Waals surface area contributed by atoms with E-state index in [0.717, 1.165) is 12.1 Å². The summed E-state index contributed by atoms with van der Waals surface area (Å²) in [6, 6.07) is 4.72. The molecule has 0 bridgehead atoms. The molecular formula is C15H13F6O4-. The highest BCUT2D eigenvalue weighted by molar-refractivity contribution is 5.84. The van der Waals surface area contributed by atoms with E-state index in [1.54, 1.807) is 0 Å². The third-order valence-electron chi connectivity index (χ3n) is 3.23. The Kier molecular flexibility index (Phi) is 5.18. The van der Waals surface area contributed by atoms with Crippen LogP contribution in [-0.4, -0.2) is 29.7 Å². The number of hydrogen-bond donors (Lipinski definition) is 0. The van der Waals surface area contributed by atoms with Gasteiger partial charge in [0.25, 0.3) is 0 Å². The predicted molar refractivity (Wildman–Crippen MR) is 70.6 cm³/mol. The van der Waals surface area contributed by atoms with Gasteiger partial charge in [-0.25, -0.2) is 4.79 Å². The van der Waals surface area contributed by atoms with Crippen LogP contribution in [0.1, 0.15) is 26.3 Å². The highest BCUT2D eigenvalue weighted by Crippen LogP contribution is 2.46. The van der Waals surface area contributed by atoms with E-state index < -0.39 is 35.5 Å². The molecule has 140 valence electrons. The summed E-state index contributed by atoms with van der Waals surface area (Å²) in [6.07, 6.45) is 0. The average molecular weight is 371 g/mol. The molecule has 0 radical (unpaired) electrons. The first-order valence-corrected chi connectivity index (χ1v) is 6.73. The Bertz CT molecular complexity index is 662. The summed E-state index contributed by atoms with van der Waals surface area (Å²) in [5.74, 6) is -26.3. The fraction of sp³-hybridized carbons (Fsp3) is 0.467. The second kappa shape index (κ2) is 6.23. The lowest BCUT2D eigenvalue weighted by molar-refractivity contribution is -0.365. The van der Waals surface area contributed by atoms with Gasteiger partial charge in [0.05, 0.1) is 0 Å². The maximum absolute atomic E-state index is 13.4. The lowest BCUT2D eigenvalue weighted by atomic mass is 9.87. The van der Waals surface area contributed by atoms with Crippen molar-refractivity contribution in [2.24, 2.45) is 0 Å². The van der Waals surface area contributed by atoms with Crippen molar-refractivity contribution in [1.82, 2.24) is 0 Å². The van der Waals surface area contributed by atoms with Gasteiger partial charge in [0.15, 0.2) is 0 Å². The summed E-state index contributed by atoms with van der Waals surface area (Å²) in [7, 11) is 0. The second-order valence-electron chi connectivity index (χ2n) is 6.17. The molecule has 0 aromatic heterocycles. The molecule has 0 saturated heterocycles. The van der Waals surface area contributed by atoms with E-state index in [1.165, 1.54) is 12.1 Å². The zero-order valence-electron chi connectivity index (χ0n) is 13.2. The Hall–Kier alpha value is -2.26. The number of ether oxygens (including phenoxy) is 1. The normalized spacial score (nSPS) is 13.5. The monoisotopic (exact) mass is 371 g/mol. The third-order valence-corrected chi connectivity index (χ3v) is 3.23. The summed E-state index contributed by atoms with van der Waals surface area (Å²) in [4.78, 5) is 21.2. The van der Waals surface area contributed by atoms with Crippen molar-refractivity contribution in [2.75, 3.05) is 0 Å². The van der Waals surface area contributed by atoms with Gasteiger partial charge in [-0.05, 0) is 23.1 Å². The fourth-order valence-electron chi connectivity index (χ4n) is 1.65. The Morgan fingerprint density at radius 3 is 1.68 bits per heavy atom. The molecule has 1 aromatic rings. The van der Waals surface area contributed by atoms with Crippen LogP contribution in [0.25, 0.3) is 0 Å². The number of benzene rings is 1. The molecule has 0 fully saturated rings. The number of carboxylic acids is 1. The number of alkyl halides is 6. The van der Waals surface area contributed by atoms with Gasteiger partial charge in [-0.15, -0.1) is 0 Å². The summed E-state index contributed by atoms with van der Waals surface area (Å²) >= 11 is 0. The van der Waals surface area contributed by atoms with Crippen LogP contribution in [0, 0.1) is 0 Å². The standard InChI is InChI=1S/C15H14F6O4/c1-12(2,3)8-4-6-9(7-5-8)25-11(24)14(18,19)15(20,21)13(16,17)10(22)23/h4-7H,1-3H3,(H,22,23)/p-1. The van der Waals surface area contributed by atoms with E-state index in [4.69, 9.17) is 0 Å². The van der Waals surface area contributed by atoms with E-state index in [9.17, 15) is 41.0 Å². The molecule has 25 heavy (non-hydrogen) atoms. The molecule has 0 amide bonds. The second-order valence-corrected chi connectivity index (χ2v) is 6.17. The van der Waals surface area contributed by atoms with Gasteiger partial charge in [0.1, 0.15) is 11.7 Å². The number of aliphatic carboxylic acids is 1. The van der Waals surface area contributed by atoms with Crippen molar-refractivity contribution in [3.63, 3.8) is 0 Å². The van der Waals surface area contributed by atoms with Crippen molar-refractivity contribution >= 4 is 11.9 Å².